The first-order chi connectivity index (χ1) is 26.0. The van der Waals surface area contributed by atoms with Crippen molar-refractivity contribution in [1.82, 2.24) is 5.48 Å². The average Bonchev–Trinajstić information content (AvgIpc) is 3.10. The largest absolute Gasteiger partial charge is 0.465 e. The Morgan fingerprint density at radius 2 is 1.00 bits per heavy atom. The fraction of sp³-hybridized carbons (Fsp3) is 0.545. The Bertz CT molecular complexity index is 1640. The molecule has 0 aliphatic heterocycles. The first kappa shape index (κ1) is 48.8. The molecule has 0 saturated carbocycles. The Morgan fingerprint density at radius 3 is 1.51 bits per heavy atom. The van der Waals surface area contributed by atoms with E-state index in [4.69, 9.17) is 4.84 Å². The second-order valence-electron chi connectivity index (χ2n) is 12.3. The van der Waals surface area contributed by atoms with E-state index in [0.717, 1.165) is 17.7 Å². The number of unbranched alkanes of at least 4 members (excludes halogenated alkanes) is 3. The van der Waals surface area contributed by atoms with Crippen LogP contribution in [-0.2, 0) is 37.0 Å². The minimum Gasteiger partial charge on any atom is -0.465 e. The number of esters is 1. The van der Waals surface area contributed by atoms with Crippen molar-refractivity contribution in [3.63, 3.8) is 0 Å². The van der Waals surface area contributed by atoms with Crippen LogP contribution in [0.4, 0.5) is 80.3 Å². The van der Waals surface area contributed by atoms with Gasteiger partial charge in [-0.15, -0.1) is 0 Å². The molecule has 0 atom stereocenters. The van der Waals surface area contributed by atoms with Crippen molar-refractivity contribution < 1.29 is 98.6 Å². The van der Waals surface area contributed by atoms with E-state index in [2.05, 4.69) is 15.5 Å². The molecule has 2 N–H and O–H groups in total. The zero-order valence-electron chi connectivity index (χ0n) is 28.7. The number of amides is 2. The SMILES string of the molecule is O=C(CCCCCCC(=O)Nc1ccc(CC(=O)OCCC(F)(F)C(F)(F)C(F)(F)C(F)(F)C(F)(F)C(F)(F)C(F)(F)C(F)(F)F)cc1)NOCc1ccccc1. The molecule has 0 fully saturated rings. The van der Waals surface area contributed by atoms with Gasteiger partial charge in [-0.3, -0.25) is 19.2 Å². The average molecular weight is 859 g/mol. The smallest absolute Gasteiger partial charge is 0.460 e. The molecular weight excluding hydrogens is 827 g/mol. The van der Waals surface area contributed by atoms with Crippen molar-refractivity contribution >= 4 is 23.5 Å². The van der Waals surface area contributed by atoms with Gasteiger partial charge in [-0.2, -0.15) is 74.6 Å². The summed E-state index contributed by atoms with van der Waals surface area (Å²) in [6.07, 6.45) is -9.19. The van der Waals surface area contributed by atoms with Crippen molar-refractivity contribution in [3.05, 3.63) is 65.7 Å². The molecule has 2 amide bonds. The van der Waals surface area contributed by atoms with Crippen LogP contribution >= 0.6 is 0 Å². The van der Waals surface area contributed by atoms with Crippen molar-refractivity contribution in [1.29, 1.82) is 0 Å². The number of nitrogens with one attached hydrogen (secondary N) is 2. The van der Waals surface area contributed by atoms with E-state index < -0.39 is 79.0 Å². The van der Waals surface area contributed by atoms with Gasteiger partial charge in [-0.25, -0.2) is 5.48 Å². The first-order valence-electron chi connectivity index (χ1n) is 16.2. The fourth-order valence-electron chi connectivity index (χ4n) is 4.54. The van der Waals surface area contributed by atoms with Crippen LogP contribution in [-0.4, -0.2) is 72.0 Å². The van der Waals surface area contributed by atoms with Gasteiger partial charge in [-0.05, 0) is 36.1 Å². The monoisotopic (exact) mass is 858 g/mol. The van der Waals surface area contributed by atoms with E-state index in [0.29, 0.717) is 25.7 Å². The third-order valence-corrected chi connectivity index (χ3v) is 7.88. The molecule has 24 heteroatoms. The number of benzene rings is 2. The number of anilines is 1. The van der Waals surface area contributed by atoms with Gasteiger partial charge in [0.1, 0.15) is 0 Å². The van der Waals surface area contributed by atoms with Crippen LogP contribution in [0.15, 0.2) is 54.6 Å². The van der Waals surface area contributed by atoms with Crippen LogP contribution in [0.5, 0.6) is 0 Å². The van der Waals surface area contributed by atoms with E-state index in [1.54, 1.807) is 0 Å². The number of rotatable bonds is 22. The molecule has 57 heavy (non-hydrogen) atoms. The summed E-state index contributed by atoms with van der Waals surface area (Å²) in [6.45, 7) is -1.86. The maximum Gasteiger partial charge on any atom is 0.460 e. The minimum absolute atomic E-state index is 0.00501. The lowest BCUT2D eigenvalue weighted by atomic mass is 9.88. The molecule has 0 heterocycles. The van der Waals surface area contributed by atoms with Crippen molar-refractivity contribution in [2.75, 3.05) is 11.9 Å². The summed E-state index contributed by atoms with van der Waals surface area (Å²) < 4.78 is 232. The molecule has 2 rings (SSSR count). The summed E-state index contributed by atoms with van der Waals surface area (Å²) in [5, 5.41) is 2.51. The van der Waals surface area contributed by atoms with E-state index in [9.17, 15) is 89.0 Å². The molecule has 0 aliphatic rings. The molecule has 0 aliphatic carbocycles. The summed E-state index contributed by atoms with van der Waals surface area (Å²) in [5.41, 5.74) is 3.37. The zero-order chi connectivity index (χ0) is 43.7. The molecule has 2 aromatic carbocycles. The maximum absolute atomic E-state index is 14.0. The molecular formula is C33H31F17N2O5. The lowest BCUT2D eigenvalue weighted by Gasteiger charge is -2.42. The lowest BCUT2D eigenvalue weighted by Crippen LogP contribution is -2.74. The predicted octanol–water partition coefficient (Wildman–Crippen LogP) is 9.70. The number of hydroxylamine groups is 1. The molecule has 0 bridgehead atoms. The standard InChI is InChI=1S/C33H31F17N2O5/c34-26(35,27(36,37)28(38,39)29(40,41)30(42,43)31(44,45)32(46,47)33(48,49)50)16-17-56-25(55)18-20-12-14-22(15-13-20)51-23(53)10-6-1-2-7-11-24(54)52-57-19-21-8-4-3-5-9-21/h3-5,8-9,12-15H,1-2,6-7,10-11,16-19H2,(H,51,53)(H,52,54). The summed E-state index contributed by atoms with van der Waals surface area (Å²) >= 11 is 0. The van der Waals surface area contributed by atoms with Crippen LogP contribution in [0.3, 0.4) is 0 Å². The summed E-state index contributed by atoms with van der Waals surface area (Å²) in [7, 11) is 0. The van der Waals surface area contributed by atoms with Crippen molar-refractivity contribution in [2.24, 2.45) is 0 Å². The van der Waals surface area contributed by atoms with Crippen molar-refractivity contribution in [3.8, 4) is 0 Å². The number of hydrogen-bond acceptors (Lipinski definition) is 5. The number of carbonyl (C=O) groups excluding carboxylic acids is 3. The summed E-state index contributed by atoms with van der Waals surface area (Å²) in [6, 6.07) is 13.9. The summed E-state index contributed by atoms with van der Waals surface area (Å²) in [5.74, 6) is -59.6. The van der Waals surface area contributed by atoms with Crippen molar-refractivity contribution in [2.45, 2.75) is 106 Å². The van der Waals surface area contributed by atoms with Gasteiger partial charge < -0.3 is 10.1 Å². The molecule has 0 saturated heterocycles. The number of hydrogen-bond donors (Lipinski definition) is 2. The topological polar surface area (TPSA) is 93.7 Å². The highest BCUT2D eigenvalue weighted by Crippen LogP contribution is 2.64. The highest BCUT2D eigenvalue weighted by atomic mass is 19.4. The first-order valence-corrected chi connectivity index (χ1v) is 16.2. The fourth-order valence-corrected chi connectivity index (χ4v) is 4.54. The highest BCUT2D eigenvalue weighted by molar-refractivity contribution is 5.90. The second-order valence-corrected chi connectivity index (χ2v) is 12.3. The molecule has 7 nitrogen and oxygen atoms in total. The van der Waals surface area contributed by atoms with Crippen LogP contribution in [0.25, 0.3) is 0 Å². The van der Waals surface area contributed by atoms with Crippen LogP contribution in [0.2, 0.25) is 0 Å². The normalized spacial score (nSPS) is 13.6. The van der Waals surface area contributed by atoms with Crippen LogP contribution in [0.1, 0.15) is 56.1 Å². The zero-order valence-corrected chi connectivity index (χ0v) is 28.7. The van der Waals surface area contributed by atoms with Gasteiger partial charge >= 0.3 is 53.6 Å². The van der Waals surface area contributed by atoms with Gasteiger partial charge in [0.25, 0.3) is 0 Å². The Balaban J connectivity index is 1.82. The minimum atomic E-state index is -8.73. The lowest BCUT2D eigenvalue weighted by molar-refractivity contribution is -0.461. The van der Waals surface area contributed by atoms with Gasteiger partial charge in [-0.1, -0.05) is 55.3 Å². The van der Waals surface area contributed by atoms with Gasteiger partial charge in [0.2, 0.25) is 11.8 Å². The van der Waals surface area contributed by atoms with Crippen LogP contribution in [0, 0.1) is 0 Å². The highest BCUT2D eigenvalue weighted by Gasteiger charge is 2.95. The molecule has 322 valence electrons. The number of ether oxygens (including phenoxy) is 1. The number of alkyl halides is 17. The maximum atomic E-state index is 14.0. The van der Waals surface area contributed by atoms with E-state index in [1.165, 1.54) is 12.1 Å². The number of halogens is 17. The van der Waals surface area contributed by atoms with Gasteiger partial charge in [0.05, 0.1) is 26.1 Å². The van der Waals surface area contributed by atoms with Gasteiger partial charge in [0.15, 0.2) is 0 Å². The second kappa shape index (κ2) is 18.5. The Labute approximate surface area is 311 Å². The Kier molecular flexibility index (Phi) is 15.8. The Hall–Kier alpha value is -4.38. The van der Waals surface area contributed by atoms with E-state index >= 15 is 0 Å². The molecule has 0 spiro atoms. The third kappa shape index (κ3) is 11.2. The molecule has 0 aromatic heterocycles. The third-order valence-electron chi connectivity index (χ3n) is 7.88. The summed E-state index contributed by atoms with van der Waals surface area (Å²) in [4.78, 5) is 41.1. The quantitative estimate of drug-likeness (QED) is 0.0533. The molecule has 2 aromatic rings. The predicted molar refractivity (Wildman–Crippen MR) is 162 cm³/mol. The van der Waals surface area contributed by atoms with E-state index in [-0.39, 0.29) is 36.6 Å². The van der Waals surface area contributed by atoms with E-state index in [1.807, 2.05) is 30.3 Å². The molecule has 0 radical (unpaired) electrons. The van der Waals surface area contributed by atoms with Gasteiger partial charge in [0, 0.05) is 18.5 Å². The van der Waals surface area contributed by atoms with Crippen LogP contribution < -0.4 is 10.8 Å². The Morgan fingerprint density at radius 1 is 0.526 bits per heavy atom. The molecule has 0 unspecified atom stereocenters. The number of carbonyl (C=O) groups is 3.